The predicted molar refractivity (Wildman–Crippen MR) is 82.8 cm³/mol. The quantitative estimate of drug-likeness (QED) is 0.640. The normalized spacial score (nSPS) is 14.6. The smallest absolute Gasteiger partial charge is 0.311 e. The number of nitro groups is 1. The molecule has 0 spiro atoms. The van der Waals surface area contributed by atoms with E-state index in [4.69, 9.17) is 9.47 Å². The average Bonchev–Trinajstić information content (AvgIpc) is 2.56. The minimum atomic E-state index is -0.511. The lowest BCUT2D eigenvalue weighted by molar-refractivity contribution is -0.385. The van der Waals surface area contributed by atoms with Crippen molar-refractivity contribution in [1.82, 2.24) is 0 Å². The Balaban J connectivity index is 1.96. The van der Waals surface area contributed by atoms with Crippen molar-refractivity contribution in [2.75, 3.05) is 24.7 Å². The van der Waals surface area contributed by atoms with Crippen LogP contribution in [0.2, 0.25) is 0 Å². The SMILES string of the molecule is O=C1COCCN1c1ccc([N+](=O)[O-])c(Oc2ccccc2)c1. The summed E-state index contributed by atoms with van der Waals surface area (Å²) < 4.78 is 10.7. The van der Waals surface area contributed by atoms with Crippen LogP contribution in [0.15, 0.2) is 48.5 Å². The molecule has 0 radical (unpaired) electrons. The molecule has 0 unspecified atom stereocenters. The van der Waals surface area contributed by atoms with Crippen LogP contribution in [0.1, 0.15) is 0 Å². The molecule has 0 bridgehead atoms. The number of morpholine rings is 1. The molecule has 7 heteroatoms. The summed E-state index contributed by atoms with van der Waals surface area (Å²) in [4.78, 5) is 24.1. The standard InChI is InChI=1S/C16H14N2O5/c19-16-11-22-9-8-17(16)12-6-7-14(18(20)21)15(10-12)23-13-4-2-1-3-5-13/h1-7,10H,8-9,11H2. The summed E-state index contributed by atoms with van der Waals surface area (Å²) in [5.74, 6) is 0.398. The van der Waals surface area contributed by atoms with Crippen LogP contribution < -0.4 is 9.64 Å². The van der Waals surface area contributed by atoms with Gasteiger partial charge in [0.1, 0.15) is 12.4 Å². The first-order valence-electron chi connectivity index (χ1n) is 7.04. The molecule has 1 fully saturated rings. The van der Waals surface area contributed by atoms with Crippen molar-refractivity contribution in [3.8, 4) is 11.5 Å². The van der Waals surface area contributed by atoms with E-state index < -0.39 is 4.92 Å². The van der Waals surface area contributed by atoms with Crippen LogP contribution in [-0.4, -0.2) is 30.6 Å². The van der Waals surface area contributed by atoms with Crippen molar-refractivity contribution in [3.63, 3.8) is 0 Å². The zero-order chi connectivity index (χ0) is 16.2. The van der Waals surface area contributed by atoms with Gasteiger partial charge in [0.15, 0.2) is 0 Å². The van der Waals surface area contributed by atoms with Gasteiger partial charge in [-0.3, -0.25) is 14.9 Å². The van der Waals surface area contributed by atoms with Crippen LogP contribution in [0.5, 0.6) is 11.5 Å². The molecule has 2 aromatic carbocycles. The van der Waals surface area contributed by atoms with Crippen LogP contribution in [0.4, 0.5) is 11.4 Å². The Morgan fingerprint density at radius 1 is 1.17 bits per heavy atom. The lowest BCUT2D eigenvalue weighted by Crippen LogP contribution is -2.41. The maximum absolute atomic E-state index is 11.9. The molecule has 1 aliphatic heterocycles. The van der Waals surface area contributed by atoms with Gasteiger partial charge in [-0.15, -0.1) is 0 Å². The molecule has 0 aliphatic carbocycles. The summed E-state index contributed by atoms with van der Waals surface area (Å²) in [5, 5.41) is 11.2. The number of ether oxygens (including phenoxy) is 2. The molecule has 0 N–H and O–H groups in total. The molecule has 1 heterocycles. The van der Waals surface area contributed by atoms with E-state index in [9.17, 15) is 14.9 Å². The number of anilines is 1. The zero-order valence-corrected chi connectivity index (χ0v) is 12.2. The van der Waals surface area contributed by atoms with Gasteiger partial charge >= 0.3 is 5.69 Å². The van der Waals surface area contributed by atoms with Crippen molar-refractivity contribution in [3.05, 3.63) is 58.6 Å². The third-order valence-electron chi connectivity index (χ3n) is 3.41. The summed E-state index contributed by atoms with van der Waals surface area (Å²) in [6.07, 6.45) is 0. The number of amides is 1. The van der Waals surface area contributed by atoms with Gasteiger partial charge in [-0.2, -0.15) is 0 Å². The fourth-order valence-corrected chi connectivity index (χ4v) is 2.31. The number of para-hydroxylation sites is 1. The summed E-state index contributed by atoms with van der Waals surface area (Å²) in [7, 11) is 0. The number of carbonyl (C=O) groups is 1. The van der Waals surface area contributed by atoms with E-state index in [1.807, 2.05) is 6.07 Å². The van der Waals surface area contributed by atoms with Gasteiger partial charge < -0.3 is 14.4 Å². The molecule has 0 atom stereocenters. The van der Waals surface area contributed by atoms with Gasteiger partial charge in [-0.1, -0.05) is 18.2 Å². The number of rotatable bonds is 4. The topological polar surface area (TPSA) is 81.9 Å². The number of carbonyl (C=O) groups excluding carboxylic acids is 1. The molecular weight excluding hydrogens is 300 g/mol. The largest absolute Gasteiger partial charge is 0.450 e. The maximum atomic E-state index is 11.9. The van der Waals surface area contributed by atoms with E-state index >= 15 is 0 Å². The predicted octanol–water partition coefficient (Wildman–Crippen LogP) is 2.75. The van der Waals surface area contributed by atoms with Crippen LogP contribution >= 0.6 is 0 Å². The molecule has 7 nitrogen and oxygen atoms in total. The monoisotopic (exact) mass is 314 g/mol. The zero-order valence-electron chi connectivity index (χ0n) is 12.2. The van der Waals surface area contributed by atoms with E-state index in [1.54, 1.807) is 30.3 Å². The number of nitrogens with zero attached hydrogens (tertiary/aromatic N) is 2. The van der Waals surface area contributed by atoms with Crippen molar-refractivity contribution >= 4 is 17.3 Å². The maximum Gasteiger partial charge on any atom is 0.311 e. The molecule has 118 valence electrons. The van der Waals surface area contributed by atoms with E-state index in [2.05, 4.69) is 0 Å². The Morgan fingerprint density at radius 3 is 2.65 bits per heavy atom. The van der Waals surface area contributed by atoms with Gasteiger partial charge in [-0.25, -0.2) is 0 Å². The average molecular weight is 314 g/mol. The minimum absolute atomic E-state index is 0.00582. The van der Waals surface area contributed by atoms with Crippen molar-refractivity contribution in [2.45, 2.75) is 0 Å². The van der Waals surface area contributed by atoms with Gasteiger partial charge in [-0.05, 0) is 18.2 Å². The molecule has 0 saturated carbocycles. The fourth-order valence-electron chi connectivity index (χ4n) is 2.31. The second kappa shape index (κ2) is 6.45. The first kappa shape index (κ1) is 15.0. The molecule has 3 rings (SSSR count). The van der Waals surface area contributed by atoms with E-state index in [-0.39, 0.29) is 24.0 Å². The Bertz CT molecular complexity index is 733. The minimum Gasteiger partial charge on any atom is -0.450 e. The highest BCUT2D eigenvalue weighted by Crippen LogP contribution is 2.35. The van der Waals surface area contributed by atoms with Crippen LogP contribution in [0.3, 0.4) is 0 Å². The van der Waals surface area contributed by atoms with Gasteiger partial charge in [0.2, 0.25) is 5.75 Å². The Morgan fingerprint density at radius 2 is 1.96 bits per heavy atom. The van der Waals surface area contributed by atoms with Crippen LogP contribution in [-0.2, 0) is 9.53 Å². The molecule has 2 aromatic rings. The Kier molecular flexibility index (Phi) is 4.20. The number of benzene rings is 2. The Labute approximate surface area is 132 Å². The van der Waals surface area contributed by atoms with Crippen molar-refractivity contribution in [2.24, 2.45) is 0 Å². The second-order valence-corrected chi connectivity index (χ2v) is 4.92. The third-order valence-corrected chi connectivity index (χ3v) is 3.41. The fraction of sp³-hybridized carbons (Fsp3) is 0.188. The van der Waals surface area contributed by atoms with Crippen LogP contribution in [0.25, 0.3) is 0 Å². The van der Waals surface area contributed by atoms with E-state index in [1.165, 1.54) is 17.0 Å². The third kappa shape index (κ3) is 3.29. The Hall–Kier alpha value is -2.93. The molecule has 1 saturated heterocycles. The van der Waals surface area contributed by atoms with Crippen molar-refractivity contribution in [1.29, 1.82) is 0 Å². The summed E-state index contributed by atoms with van der Waals surface area (Å²) in [6.45, 7) is 0.838. The van der Waals surface area contributed by atoms with Gasteiger partial charge in [0.05, 0.1) is 11.5 Å². The molecule has 1 aliphatic rings. The summed E-state index contributed by atoms with van der Waals surface area (Å²) in [5.41, 5.74) is 0.396. The van der Waals surface area contributed by atoms with E-state index in [0.29, 0.717) is 24.6 Å². The molecular formula is C16H14N2O5. The first-order valence-corrected chi connectivity index (χ1v) is 7.04. The molecule has 1 amide bonds. The number of hydrogen-bond donors (Lipinski definition) is 0. The second-order valence-electron chi connectivity index (χ2n) is 4.92. The van der Waals surface area contributed by atoms with Crippen molar-refractivity contribution < 1.29 is 19.2 Å². The van der Waals surface area contributed by atoms with Crippen LogP contribution in [0, 0.1) is 10.1 Å². The number of hydrogen-bond acceptors (Lipinski definition) is 5. The number of nitro benzene ring substituents is 1. The molecule has 23 heavy (non-hydrogen) atoms. The highest BCUT2D eigenvalue weighted by molar-refractivity contribution is 5.95. The summed E-state index contributed by atoms with van der Waals surface area (Å²) >= 11 is 0. The highest BCUT2D eigenvalue weighted by atomic mass is 16.6. The highest BCUT2D eigenvalue weighted by Gasteiger charge is 2.24. The van der Waals surface area contributed by atoms with Gasteiger partial charge in [0, 0.05) is 24.4 Å². The van der Waals surface area contributed by atoms with Gasteiger partial charge in [0.25, 0.3) is 5.91 Å². The first-order chi connectivity index (χ1) is 11.1. The lowest BCUT2D eigenvalue weighted by Gasteiger charge is -2.27. The summed E-state index contributed by atoms with van der Waals surface area (Å²) in [6, 6.07) is 13.2. The lowest BCUT2D eigenvalue weighted by atomic mass is 10.2. The molecule has 0 aromatic heterocycles. The van der Waals surface area contributed by atoms with E-state index in [0.717, 1.165) is 0 Å².